The number of aliphatic hydroxyl groups is 1. The van der Waals surface area contributed by atoms with E-state index in [-0.39, 0.29) is 12.5 Å². The molecule has 0 saturated carbocycles. The molecule has 1 unspecified atom stereocenters. The maximum absolute atomic E-state index is 8.79. The summed E-state index contributed by atoms with van der Waals surface area (Å²) < 4.78 is 5.40. The lowest BCUT2D eigenvalue weighted by atomic mass is 10.2. The first-order chi connectivity index (χ1) is 6.63. The average Bonchev–Trinajstić information content (AvgIpc) is 2.16. The molecule has 4 heteroatoms. The van der Waals surface area contributed by atoms with Crippen LogP contribution in [0.15, 0.2) is 18.2 Å². The van der Waals surface area contributed by atoms with Crippen molar-refractivity contribution in [3.05, 3.63) is 23.2 Å². The number of halogens is 1. The molecule has 1 aromatic carbocycles. The monoisotopic (exact) mass is 215 g/mol. The van der Waals surface area contributed by atoms with Gasteiger partial charge in [-0.25, -0.2) is 0 Å². The Morgan fingerprint density at radius 2 is 2.29 bits per heavy atom. The zero-order valence-corrected chi connectivity index (χ0v) is 8.79. The molecule has 0 heterocycles. The number of rotatable bonds is 4. The van der Waals surface area contributed by atoms with Crippen LogP contribution in [0.2, 0.25) is 5.02 Å². The first-order valence-electron chi connectivity index (χ1n) is 4.42. The van der Waals surface area contributed by atoms with Crippen LogP contribution in [-0.4, -0.2) is 18.3 Å². The van der Waals surface area contributed by atoms with E-state index in [1.54, 1.807) is 18.2 Å². The highest BCUT2D eigenvalue weighted by atomic mass is 35.5. The van der Waals surface area contributed by atoms with Gasteiger partial charge in [-0.3, -0.25) is 0 Å². The predicted molar refractivity (Wildman–Crippen MR) is 57.6 cm³/mol. The van der Waals surface area contributed by atoms with Crippen LogP contribution in [0.5, 0.6) is 5.75 Å². The van der Waals surface area contributed by atoms with E-state index in [4.69, 9.17) is 27.2 Å². The number of ether oxygens (including phenoxy) is 1. The van der Waals surface area contributed by atoms with Gasteiger partial charge in [0.1, 0.15) is 5.75 Å². The van der Waals surface area contributed by atoms with Crippen molar-refractivity contribution in [2.45, 2.75) is 6.92 Å². The van der Waals surface area contributed by atoms with Crippen LogP contribution >= 0.6 is 11.6 Å². The van der Waals surface area contributed by atoms with Crippen molar-refractivity contribution in [2.24, 2.45) is 5.92 Å². The average molecular weight is 216 g/mol. The Morgan fingerprint density at radius 1 is 1.57 bits per heavy atom. The highest BCUT2D eigenvalue weighted by Crippen LogP contribution is 2.25. The normalized spacial score (nSPS) is 12.5. The number of hydrogen-bond acceptors (Lipinski definition) is 3. The van der Waals surface area contributed by atoms with Gasteiger partial charge in [-0.15, -0.1) is 0 Å². The standard InChI is InChI=1S/C10H14ClNO2/c1-7(5-13)6-14-10-3-2-8(11)4-9(10)12/h2-4,7,13H,5-6,12H2,1H3. The third kappa shape index (κ3) is 3.09. The topological polar surface area (TPSA) is 55.5 Å². The van der Waals surface area contributed by atoms with Crippen molar-refractivity contribution in [2.75, 3.05) is 18.9 Å². The number of nitrogens with two attached hydrogens (primary N) is 1. The molecule has 0 bridgehead atoms. The molecule has 78 valence electrons. The first-order valence-corrected chi connectivity index (χ1v) is 4.80. The Labute approximate surface area is 88.4 Å². The Kier molecular flexibility index (Phi) is 4.04. The summed E-state index contributed by atoms with van der Waals surface area (Å²) in [7, 11) is 0. The maximum atomic E-state index is 8.79. The SMILES string of the molecule is CC(CO)COc1ccc(Cl)cc1N. The van der Waals surface area contributed by atoms with Crippen LogP contribution in [0.4, 0.5) is 5.69 Å². The molecular formula is C10H14ClNO2. The largest absolute Gasteiger partial charge is 0.491 e. The predicted octanol–water partition coefficient (Wildman–Crippen LogP) is 1.93. The number of nitrogen functional groups attached to an aromatic ring is 1. The molecule has 0 aliphatic carbocycles. The summed E-state index contributed by atoms with van der Waals surface area (Å²) in [6, 6.07) is 5.08. The number of anilines is 1. The summed E-state index contributed by atoms with van der Waals surface area (Å²) >= 11 is 5.73. The van der Waals surface area contributed by atoms with Crippen molar-refractivity contribution in [3.8, 4) is 5.75 Å². The molecule has 0 amide bonds. The van der Waals surface area contributed by atoms with E-state index in [0.717, 1.165) is 0 Å². The molecule has 3 N–H and O–H groups in total. The first kappa shape index (κ1) is 11.1. The van der Waals surface area contributed by atoms with Gasteiger partial charge in [-0.05, 0) is 18.2 Å². The fourth-order valence-corrected chi connectivity index (χ4v) is 1.12. The molecule has 14 heavy (non-hydrogen) atoms. The van der Waals surface area contributed by atoms with Crippen molar-refractivity contribution >= 4 is 17.3 Å². The van der Waals surface area contributed by atoms with Crippen LogP contribution in [0.1, 0.15) is 6.92 Å². The van der Waals surface area contributed by atoms with E-state index in [2.05, 4.69) is 0 Å². The fourth-order valence-electron chi connectivity index (χ4n) is 0.936. The lowest BCUT2D eigenvalue weighted by molar-refractivity contribution is 0.175. The molecule has 3 nitrogen and oxygen atoms in total. The van der Waals surface area contributed by atoms with E-state index >= 15 is 0 Å². The minimum Gasteiger partial charge on any atom is -0.491 e. The fraction of sp³-hybridized carbons (Fsp3) is 0.400. The van der Waals surface area contributed by atoms with E-state index in [1.807, 2.05) is 6.92 Å². The highest BCUT2D eigenvalue weighted by molar-refractivity contribution is 6.30. The minimum absolute atomic E-state index is 0.102. The van der Waals surface area contributed by atoms with Gasteiger partial charge >= 0.3 is 0 Å². The summed E-state index contributed by atoms with van der Waals surface area (Å²) in [6.45, 7) is 2.45. The molecule has 0 radical (unpaired) electrons. The van der Waals surface area contributed by atoms with Crippen LogP contribution in [0.3, 0.4) is 0 Å². The van der Waals surface area contributed by atoms with Crippen molar-refractivity contribution < 1.29 is 9.84 Å². The smallest absolute Gasteiger partial charge is 0.142 e. The summed E-state index contributed by atoms with van der Waals surface area (Å²) in [6.07, 6.45) is 0. The Hall–Kier alpha value is -0.930. The van der Waals surface area contributed by atoms with Crippen LogP contribution in [0, 0.1) is 5.92 Å². The molecule has 0 aromatic heterocycles. The Bertz CT molecular complexity index is 304. The summed E-state index contributed by atoms with van der Waals surface area (Å²) in [4.78, 5) is 0. The van der Waals surface area contributed by atoms with Gasteiger partial charge in [-0.1, -0.05) is 18.5 Å². The van der Waals surface area contributed by atoms with E-state index in [1.165, 1.54) is 0 Å². The lowest BCUT2D eigenvalue weighted by Gasteiger charge is -2.12. The van der Waals surface area contributed by atoms with E-state index in [0.29, 0.717) is 23.1 Å². The molecule has 1 rings (SSSR count). The third-order valence-electron chi connectivity index (χ3n) is 1.81. The van der Waals surface area contributed by atoms with E-state index < -0.39 is 0 Å². The second-order valence-electron chi connectivity index (χ2n) is 3.28. The third-order valence-corrected chi connectivity index (χ3v) is 2.04. The van der Waals surface area contributed by atoms with Gasteiger partial charge in [0, 0.05) is 17.5 Å². The molecule has 0 aliphatic rings. The second kappa shape index (κ2) is 5.08. The highest BCUT2D eigenvalue weighted by Gasteiger charge is 2.04. The summed E-state index contributed by atoms with van der Waals surface area (Å²) in [5.74, 6) is 0.708. The van der Waals surface area contributed by atoms with Gasteiger partial charge in [0.25, 0.3) is 0 Å². The zero-order valence-electron chi connectivity index (χ0n) is 8.03. The molecule has 0 aliphatic heterocycles. The van der Waals surface area contributed by atoms with Crippen LogP contribution in [-0.2, 0) is 0 Å². The quantitative estimate of drug-likeness (QED) is 0.755. The zero-order chi connectivity index (χ0) is 10.6. The molecule has 1 aromatic rings. The lowest BCUT2D eigenvalue weighted by Crippen LogP contribution is -2.12. The van der Waals surface area contributed by atoms with Gasteiger partial charge < -0.3 is 15.6 Å². The van der Waals surface area contributed by atoms with Gasteiger partial charge in [0.15, 0.2) is 0 Å². The van der Waals surface area contributed by atoms with Crippen molar-refractivity contribution in [3.63, 3.8) is 0 Å². The van der Waals surface area contributed by atoms with Crippen molar-refractivity contribution in [1.82, 2.24) is 0 Å². The summed E-state index contributed by atoms with van der Waals surface area (Å²) in [5, 5.41) is 9.38. The number of benzene rings is 1. The molecule has 0 fully saturated rings. The second-order valence-corrected chi connectivity index (χ2v) is 3.72. The van der Waals surface area contributed by atoms with Crippen LogP contribution in [0.25, 0.3) is 0 Å². The Morgan fingerprint density at radius 3 is 2.86 bits per heavy atom. The molecule has 0 spiro atoms. The van der Waals surface area contributed by atoms with Crippen molar-refractivity contribution in [1.29, 1.82) is 0 Å². The van der Waals surface area contributed by atoms with Gasteiger partial charge in [-0.2, -0.15) is 0 Å². The van der Waals surface area contributed by atoms with Gasteiger partial charge in [0.2, 0.25) is 0 Å². The van der Waals surface area contributed by atoms with Crippen LogP contribution < -0.4 is 10.5 Å². The maximum Gasteiger partial charge on any atom is 0.142 e. The minimum atomic E-state index is 0.102. The number of hydrogen-bond donors (Lipinski definition) is 2. The summed E-state index contributed by atoms with van der Waals surface area (Å²) in [5.41, 5.74) is 6.19. The van der Waals surface area contributed by atoms with Gasteiger partial charge in [0.05, 0.1) is 12.3 Å². The molecule has 0 saturated heterocycles. The molecular weight excluding hydrogens is 202 g/mol. The van der Waals surface area contributed by atoms with E-state index in [9.17, 15) is 0 Å². The number of aliphatic hydroxyl groups excluding tert-OH is 1. The Balaban J connectivity index is 2.59. The molecule has 1 atom stereocenters.